The highest BCUT2D eigenvalue weighted by molar-refractivity contribution is 6.39. The first kappa shape index (κ1) is 16.7. The van der Waals surface area contributed by atoms with Crippen molar-refractivity contribution in [2.24, 2.45) is 0 Å². The van der Waals surface area contributed by atoms with Gasteiger partial charge >= 0.3 is 11.8 Å². The summed E-state index contributed by atoms with van der Waals surface area (Å²) in [5, 5.41) is 5.35. The van der Waals surface area contributed by atoms with Crippen molar-refractivity contribution in [3.8, 4) is 0 Å². The highest BCUT2D eigenvalue weighted by atomic mass is 16.2. The van der Waals surface area contributed by atoms with Crippen LogP contribution in [0.4, 0.5) is 5.69 Å². The van der Waals surface area contributed by atoms with Crippen molar-refractivity contribution in [3.05, 3.63) is 64.7 Å². The van der Waals surface area contributed by atoms with Crippen LogP contribution in [0.1, 0.15) is 22.3 Å². The van der Waals surface area contributed by atoms with Crippen LogP contribution >= 0.6 is 0 Å². The van der Waals surface area contributed by atoms with Crippen molar-refractivity contribution < 1.29 is 9.59 Å². The molecule has 0 saturated carbocycles. The van der Waals surface area contributed by atoms with E-state index in [1.165, 1.54) is 0 Å². The number of carbonyl (C=O) groups is 2. The highest BCUT2D eigenvalue weighted by Crippen LogP contribution is 2.21. The standard InChI is InChI=1S/C19H22N2O2/c1-13-11-14(2)17(15(3)12-13)21-19(23)18(22)20-10-9-16-7-5-4-6-8-16/h4-8,11-12H,9-10H2,1-3H3,(H,20,22)(H,21,23). The number of rotatable bonds is 4. The van der Waals surface area contributed by atoms with Gasteiger partial charge in [0.15, 0.2) is 0 Å². The molecule has 0 bridgehead atoms. The minimum Gasteiger partial charge on any atom is -0.347 e. The topological polar surface area (TPSA) is 58.2 Å². The lowest BCUT2D eigenvalue weighted by Gasteiger charge is -2.12. The number of anilines is 1. The maximum Gasteiger partial charge on any atom is 0.313 e. The van der Waals surface area contributed by atoms with Crippen LogP contribution in [0, 0.1) is 20.8 Å². The molecular weight excluding hydrogens is 288 g/mol. The molecule has 0 unspecified atom stereocenters. The third-order valence-electron chi connectivity index (χ3n) is 3.66. The van der Waals surface area contributed by atoms with E-state index in [0.717, 1.165) is 22.3 Å². The number of aryl methyl sites for hydroxylation is 3. The minimum atomic E-state index is -0.631. The van der Waals surface area contributed by atoms with E-state index in [-0.39, 0.29) is 0 Å². The van der Waals surface area contributed by atoms with Crippen LogP contribution in [0.15, 0.2) is 42.5 Å². The molecule has 23 heavy (non-hydrogen) atoms. The third kappa shape index (κ3) is 4.68. The van der Waals surface area contributed by atoms with Crippen LogP contribution in [0.5, 0.6) is 0 Å². The molecule has 0 atom stereocenters. The van der Waals surface area contributed by atoms with Crippen molar-refractivity contribution in [1.29, 1.82) is 0 Å². The minimum absolute atomic E-state index is 0.433. The molecule has 4 nitrogen and oxygen atoms in total. The number of amides is 2. The highest BCUT2D eigenvalue weighted by Gasteiger charge is 2.15. The van der Waals surface area contributed by atoms with Gasteiger partial charge in [0.1, 0.15) is 0 Å². The molecule has 120 valence electrons. The molecule has 2 N–H and O–H groups in total. The molecule has 0 radical (unpaired) electrons. The van der Waals surface area contributed by atoms with Gasteiger partial charge in [-0.3, -0.25) is 9.59 Å². The van der Waals surface area contributed by atoms with E-state index in [4.69, 9.17) is 0 Å². The Hall–Kier alpha value is -2.62. The van der Waals surface area contributed by atoms with Crippen LogP contribution in [-0.4, -0.2) is 18.4 Å². The smallest absolute Gasteiger partial charge is 0.313 e. The Labute approximate surface area is 136 Å². The lowest BCUT2D eigenvalue weighted by molar-refractivity contribution is -0.136. The van der Waals surface area contributed by atoms with Crippen LogP contribution in [-0.2, 0) is 16.0 Å². The van der Waals surface area contributed by atoms with Crippen LogP contribution in [0.2, 0.25) is 0 Å². The zero-order chi connectivity index (χ0) is 16.8. The monoisotopic (exact) mass is 310 g/mol. The average Bonchev–Trinajstić information content (AvgIpc) is 2.51. The summed E-state index contributed by atoms with van der Waals surface area (Å²) in [6, 6.07) is 13.8. The number of hydrogen-bond acceptors (Lipinski definition) is 2. The number of benzene rings is 2. The molecule has 0 aliphatic rings. The van der Waals surface area contributed by atoms with E-state index >= 15 is 0 Å². The predicted octanol–water partition coefficient (Wildman–Crippen LogP) is 2.91. The van der Waals surface area contributed by atoms with Gasteiger partial charge < -0.3 is 10.6 Å². The summed E-state index contributed by atoms with van der Waals surface area (Å²) >= 11 is 0. The van der Waals surface area contributed by atoms with Crippen LogP contribution in [0.3, 0.4) is 0 Å². The number of hydrogen-bond donors (Lipinski definition) is 2. The summed E-state index contributed by atoms with van der Waals surface area (Å²) in [5.74, 6) is -1.24. The molecule has 2 rings (SSSR count). The normalized spacial score (nSPS) is 10.2. The van der Waals surface area contributed by atoms with Gasteiger partial charge in [0.2, 0.25) is 0 Å². The molecule has 2 amide bonds. The van der Waals surface area contributed by atoms with Crippen molar-refractivity contribution >= 4 is 17.5 Å². The first-order chi connectivity index (χ1) is 11.0. The molecule has 2 aromatic rings. The Morgan fingerprint density at radius 3 is 2.13 bits per heavy atom. The Morgan fingerprint density at radius 1 is 0.913 bits per heavy atom. The molecule has 2 aromatic carbocycles. The van der Waals surface area contributed by atoms with Gasteiger partial charge in [-0.05, 0) is 43.9 Å². The Balaban J connectivity index is 1.89. The summed E-state index contributed by atoms with van der Waals surface area (Å²) in [7, 11) is 0. The average molecular weight is 310 g/mol. The van der Waals surface area contributed by atoms with Crippen LogP contribution < -0.4 is 10.6 Å². The van der Waals surface area contributed by atoms with Gasteiger partial charge in [-0.15, -0.1) is 0 Å². The van der Waals surface area contributed by atoms with Gasteiger partial charge in [0.25, 0.3) is 0 Å². The molecule has 0 aliphatic heterocycles. The molecule has 4 heteroatoms. The zero-order valence-corrected chi connectivity index (χ0v) is 13.8. The molecular formula is C19H22N2O2. The fourth-order valence-corrected chi connectivity index (χ4v) is 2.59. The zero-order valence-electron chi connectivity index (χ0n) is 13.8. The van der Waals surface area contributed by atoms with Crippen molar-refractivity contribution in [2.45, 2.75) is 27.2 Å². The maximum absolute atomic E-state index is 12.0. The summed E-state index contributed by atoms with van der Waals surface area (Å²) in [6.07, 6.45) is 0.697. The molecule has 0 aliphatic carbocycles. The van der Waals surface area contributed by atoms with Gasteiger partial charge in [0, 0.05) is 12.2 Å². The van der Waals surface area contributed by atoms with E-state index < -0.39 is 11.8 Å². The van der Waals surface area contributed by atoms with E-state index in [1.54, 1.807) is 0 Å². The second-order valence-corrected chi connectivity index (χ2v) is 5.72. The van der Waals surface area contributed by atoms with Gasteiger partial charge in [-0.2, -0.15) is 0 Å². The number of nitrogens with one attached hydrogen (secondary N) is 2. The van der Waals surface area contributed by atoms with Gasteiger partial charge in [-0.1, -0.05) is 48.0 Å². The second kappa shape index (κ2) is 7.58. The maximum atomic E-state index is 12.0. The van der Waals surface area contributed by atoms with E-state index in [9.17, 15) is 9.59 Å². The number of carbonyl (C=O) groups excluding carboxylic acids is 2. The molecule has 0 spiro atoms. The van der Waals surface area contributed by atoms with Crippen molar-refractivity contribution in [2.75, 3.05) is 11.9 Å². The van der Waals surface area contributed by atoms with E-state index in [2.05, 4.69) is 10.6 Å². The summed E-state index contributed by atoms with van der Waals surface area (Å²) < 4.78 is 0. The Bertz CT molecular complexity index is 686. The lowest BCUT2D eigenvalue weighted by atomic mass is 10.1. The van der Waals surface area contributed by atoms with Gasteiger partial charge in [0.05, 0.1) is 0 Å². The van der Waals surface area contributed by atoms with Crippen LogP contribution in [0.25, 0.3) is 0 Å². The molecule has 0 saturated heterocycles. The third-order valence-corrected chi connectivity index (χ3v) is 3.66. The summed E-state index contributed by atoms with van der Waals surface area (Å²) in [4.78, 5) is 23.9. The first-order valence-electron chi connectivity index (χ1n) is 7.68. The molecule has 0 heterocycles. The van der Waals surface area contributed by atoms with Crippen molar-refractivity contribution in [1.82, 2.24) is 5.32 Å². The van der Waals surface area contributed by atoms with E-state index in [1.807, 2.05) is 63.2 Å². The van der Waals surface area contributed by atoms with Crippen molar-refractivity contribution in [3.63, 3.8) is 0 Å². The molecule has 0 fully saturated rings. The first-order valence-corrected chi connectivity index (χ1v) is 7.68. The predicted molar refractivity (Wildman–Crippen MR) is 92.4 cm³/mol. The second-order valence-electron chi connectivity index (χ2n) is 5.72. The lowest BCUT2D eigenvalue weighted by Crippen LogP contribution is -2.36. The summed E-state index contributed by atoms with van der Waals surface area (Å²) in [5.41, 5.74) is 4.86. The largest absolute Gasteiger partial charge is 0.347 e. The van der Waals surface area contributed by atoms with E-state index in [0.29, 0.717) is 18.7 Å². The fraction of sp³-hybridized carbons (Fsp3) is 0.263. The van der Waals surface area contributed by atoms with Gasteiger partial charge in [-0.25, -0.2) is 0 Å². The Kier molecular flexibility index (Phi) is 5.52. The quantitative estimate of drug-likeness (QED) is 0.853. The molecule has 0 aromatic heterocycles. The fourth-order valence-electron chi connectivity index (χ4n) is 2.59. The summed E-state index contributed by atoms with van der Waals surface area (Å²) in [6.45, 7) is 6.27. The Morgan fingerprint density at radius 2 is 1.52 bits per heavy atom. The SMILES string of the molecule is Cc1cc(C)c(NC(=O)C(=O)NCCc2ccccc2)c(C)c1.